The fraction of sp³-hybridized carbons (Fsp3) is 0.125. The number of thioether (sulfide) groups is 1. The summed E-state index contributed by atoms with van der Waals surface area (Å²) in [6, 6.07) is 18.5. The summed E-state index contributed by atoms with van der Waals surface area (Å²) in [5.41, 5.74) is 3.31. The summed E-state index contributed by atoms with van der Waals surface area (Å²) >= 11 is 1.35. The maximum Gasteiger partial charge on any atom is 0.251 e. The van der Waals surface area contributed by atoms with Crippen LogP contribution in [0.3, 0.4) is 0 Å². The summed E-state index contributed by atoms with van der Waals surface area (Å²) < 4.78 is 7.11. The third kappa shape index (κ3) is 5.47. The lowest BCUT2D eigenvalue weighted by molar-refractivity contribution is -0.113. The molecule has 0 bridgehead atoms. The van der Waals surface area contributed by atoms with Crippen LogP contribution < -0.4 is 10.6 Å². The number of anilines is 1. The zero-order valence-corrected chi connectivity index (χ0v) is 18.3. The minimum absolute atomic E-state index is 0.100. The topological polar surface area (TPSA) is 89.2 Å². The molecule has 2 heterocycles. The minimum atomic E-state index is -0.180. The van der Waals surface area contributed by atoms with E-state index in [4.69, 9.17) is 4.42 Å². The quantitative estimate of drug-likeness (QED) is 0.391. The fourth-order valence-corrected chi connectivity index (χ4v) is 3.79. The summed E-state index contributed by atoms with van der Waals surface area (Å²) in [6.45, 7) is 2.34. The molecule has 0 saturated carbocycles. The summed E-state index contributed by atoms with van der Waals surface area (Å²) in [7, 11) is 0. The van der Waals surface area contributed by atoms with Crippen molar-refractivity contribution in [3.8, 4) is 5.69 Å². The Morgan fingerprint density at radius 2 is 1.84 bits per heavy atom. The van der Waals surface area contributed by atoms with Gasteiger partial charge in [0.15, 0.2) is 5.16 Å². The lowest BCUT2D eigenvalue weighted by Gasteiger charge is -2.09. The molecule has 0 aliphatic carbocycles. The van der Waals surface area contributed by atoms with E-state index >= 15 is 0 Å². The number of carbonyl (C=O) groups is 2. The molecule has 8 heteroatoms. The highest BCUT2D eigenvalue weighted by Gasteiger charge is 2.11. The number of aromatic nitrogens is 2. The van der Waals surface area contributed by atoms with Gasteiger partial charge in [0.25, 0.3) is 5.91 Å². The minimum Gasteiger partial charge on any atom is -0.467 e. The molecule has 4 aromatic rings. The molecular formula is C24H22N4O3S. The first-order valence-corrected chi connectivity index (χ1v) is 11.0. The zero-order chi connectivity index (χ0) is 22.3. The van der Waals surface area contributed by atoms with Crippen LogP contribution in [-0.2, 0) is 11.3 Å². The van der Waals surface area contributed by atoms with Crippen LogP contribution in [-0.4, -0.2) is 27.1 Å². The van der Waals surface area contributed by atoms with Crippen molar-refractivity contribution in [1.29, 1.82) is 0 Å². The first kappa shape index (κ1) is 21.5. The maximum absolute atomic E-state index is 12.3. The predicted octanol–water partition coefficient (Wildman–Crippen LogP) is 4.43. The largest absolute Gasteiger partial charge is 0.467 e. The van der Waals surface area contributed by atoms with Crippen molar-refractivity contribution < 1.29 is 14.0 Å². The van der Waals surface area contributed by atoms with E-state index < -0.39 is 0 Å². The lowest BCUT2D eigenvalue weighted by Crippen LogP contribution is -2.22. The number of hydrogen-bond donors (Lipinski definition) is 2. The van der Waals surface area contributed by atoms with Crippen LogP contribution in [0.15, 0.2) is 88.9 Å². The van der Waals surface area contributed by atoms with Crippen molar-refractivity contribution in [3.63, 3.8) is 0 Å². The van der Waals surface area contributed by atoms with Crippen LogP contribution in [0.4, 0.5) is 5.69 Å². The molecule has 162 valence electrons. The van der Waals surface area contributed by atoms with E-state index in [9.17, 15) is 9.59 Å². The van der Waals surface area contributed by atoms with Gasteiger partial charge in [0.2, 0.25) is 5.91 Å². The third-order valence-corrected chi connectivity index (χ3v) is 5.65. The van der Waals surface area contributed by atoms with Crippen LogP contribution in [0.2, 0.25) is 0 Å². The summed E-state index contributed by atoms with van der Waals surface area (Å²) in [4.78, 5) is 29.0. The average molecular weight is 447 g/mol. The van der Waals surface area contributed by atoms with Crippen molar-refractivity contribution >= 4 is 29.3 Å². The number of hydrogen-bond acceptors (Lipinski definition) is 5. The van der Waals surface area contributed by atoms with E-state index in [1.807, 2.05) is 60.2 Å². The number of amides is 2. The number of nitrogens with zero attached hydrogens (tertiary/aromatic N) is 2. The molecule has 0 aliphatic heterocycles. The molecule has 0 radical (unpaired) electrons. The molecule has 0 fully saturated rings. The second kappa shape index (κ2) is 10.0. The van der Waals surface area contributed by atoms with Crippen molar-refractivity contribution in [3.05, 3.63) is 96.2 Å². The number of imidazole rings is 1. The second-order valence-corrected chi connectivity index (χ2v) is 8.03. The zero-order valence-electron chi connectivity index (χ0n) is 17.4. The monoisotopic (exact) mass is 446 g/mol. The molecule has 2 amide bonds. The Kier molecular flexibility index (Phi) is 6.72. The van der Waals surface area contributed by atoms with Crippen LogP contribution >= 0.6 is 11.8 Å². The highest BCUT2D eigenvalue weighted by Crippen LogP contribution is 2.21. The number of rotatable bonds is 8. The third-order valence-electron chi connectivity index (χ3n) is 4.69. The Bertz CT molecular complexity index is 1180. The Morgan fingerprint density at radius 3 is 2.56 bits per heavy atom. The van der Waals surface area contributed by atoms with Crippen LogP contribution in [0.1, 0.15) is 21.7 Å². The Morgan fingerprint density at radius 1 is 1.06 bits per heavy atom. The molecule has 2 N–H and O–H groups in total. The van der Waals surface area contributed by atoms with Crippen LogP contribution in [0, 0.1) is 6.92 Å². The first-order valence-electron chi connectivity index (χ1n) is 10.0. The molecule has 0 spiro atoms. The van der Waals surface area contributed by atoms with Gasteiger partial charge in [0.05, 0.1) is 18.6 Å². The normalized spacial score (nSPS) is 10.7. The molecule has 4 rings (SSSR count). The van der Waals surface area contributed by atoms with E-state index in [1.54, 1.807) is 30.7 Å². The molecule has 0 saturated heterocycles. The highest BCUT2D eigenvalue weighted by molar-refractivity contribution is 7.99. The van der Waals surface area contributed by atoms with Gasteiger partial charge in [0, 0.05) is 29.3 Å². The van der Waals surface area contributed by atoms with Gasteiger partial charge in [-0.05, 0) is 55.5 Å². The van der Waals surface area contributed by atoms with Gasteiger partial charge in [-0.2, -0.15) is 0 Å². The highest BCUT2D eigenvalue weighted by atomic mass is 32.2. The number of benzene rings is 2. The maximum atomic E-state index is 12.3. The van der Waals surface area contributed by atoms with E-state index in [0.29, 0.717) is 23.0 Å². The van der Waals surface area contributed by atoms with E-state index in [1.165, 1.54) is 11.8 Å². The number of carbonyl (C=O) groups excluding carboxylic acids is 2. The van der Waals surface area contributed by atoms with Crippen LogP contribution in [0.25, 0.3) is 5.69 Å². The van der Waals surface area contributed by atoms with Crippen molar-refractivity contribution in [1.82, 2.24) is 14.9 Å². The summed E-state index contributed by atoms with van der Waals surface area (Å²) in [5, 5.41) is 6.40. The molecule has 0 aliphatic rings. The molecule has 32 heavy (non-hydrogen) atoms. The standard InChI is InChI=1S/C24H22N4O3S/c1-17-4-8-19(9-5-17)27-22(29)16-32-24-25-12-13-28(24)20-10-6-18(7-11-20)23(30)26-15-21-3-2-14-31-21/h2-14H,15-16H2,1H3,(H,26,30)(H,27,29). The van der Waals surface area contributed by atoms with Crippen molar-refractivity contribution in [2.75, 3.05) is 11.1 Å². The average Bonchev–Trinajstić information content (AvgIpc) is 3.50. The molecular weight excluding hydrogens is 424 g/mol. The van der Waals surface area contributed by atoms with Gasteiger partial charge in [-0.1, -0.05) is 29.5 Å². The number of furan rings is 1. The van der Waals surface area contributed by atoms with Gasteiger partial charge in [-0.15, -0.1) is 0 Å². The molecule has 0 atom stereocenters. The van der Waals surface area contributed by atoms with Gasteiger partial charge < -0.3 is 15.1 Å². The molecule has 2 aromatic carbocycles. The van der Waals surface area contributed by atoms with Crippen molar-refractivity contribution in [2.24, 2.45) is 0 Å². The molecule has 2 aromatic heterocycles. The summed E-state index contributed by atoms with van der Waals surface area (Å²) in [5.74, 6) is 0.650. The summed E-state index contributed by atoms with van der Waals surface area (Å²) in [6.07, 6.45) is 5.08. The van der Waals surface area contributed by atoms with E-state index in [-0.39, 0.29) is 17.6 Å². The van der Waals surface area contributed by atoms with Gasteiger partial charge in [-0.3, -0.25) is 14.2 Å². The molecule has 0 unspecified atom stereocenters. The Labute approximate surface area is 189 Å². The van der Waals surface area contributed by atoms with Crippen LogP contribution in [0.5, 0.6) is 0 Å². The lowest BCUT2D eigenvalue weighted by atomic mass is 10.2. The number of aryl methyl sites for hydroxylation is 1. The van der Waals surface area contributed by atoms with Gasteiger partial charge in [-0.25, -0.2) is 4.98 Å². The predicted molar refractivity (Wildman–Crippen MR) is 124 cm³/mol. The Hall–Kier alpha value is -3.78. The van der Waals surface area contributed by atoms with Gasteiger partial charge in [0.1, 0.15) is 5.76 Å². The van der Waals surface area contributed by atoms with Gasteiger partial charge >= 0.3 is 0 Å². The second-order valence-electron chi connectivity index (χ2n) is 7.09. The van der Waals surface area contributed by atoms with E-state index in [2.05, 4.69) is 15.6 Å². The first-order chi connectivity index (χ1) is 15.6. The SMILES string of the molecule is Cc1ccc(NC(=O)CSc2nccn2-c2ccc(C(=O)NCc3ccco3)cc2)cc1. The smallest absolute Gasteiger partial charge is 0.251 e. The van der Waals surface area contributed by atoms with Crippen molar-refractivity contribution in [2.45, 2.75) is 18.6 Å². The fourth-order valence-electron chi connectivity index (χ4n) is 3.01. The van der Waals surface area contributed by atoms with E-state index in [0.717, 1.165) is 16.9 Å². The number of nitrogens with one attached hydrogen (secondary N) is 2. The Balaban J connectivity index is 1.34. The molecule has 7 nitrogen and oxygen atoms in total.